The Kier molecular flexibility index (Phi) is 3.21. The van der Waals surface area contributed by atoms with E-state index in [1.54, 1.807) is 7.05 Å². The third kappa shape index (κ3) is 2.40. The maximum Gasteiger partial charge on any atom is 0.318 e. The van der Waals surface area contributed by atoms with E-state index >= 15 is 0 Å². The van der Waals surface area contributed by atoms with Gasteiger partial charge in [0.25, 0.3) is 0 Å². The van der Waals surface area contributed by atoms with Gasteiger partial charge < -0.3 is 15.8 Å². The number of urea groups is 1. The molecular formula is C7H13N3O3. The van der Waals surface area contributed by atoms with Gasteiger partial charge in [-0.05, 0) is 7.05 Å². The second kappa shape index (κ2) is 4.20. The van der Waals surface area contributed by atoms with Gasteiger partial charge in [-0.3, -0.25) is 10.1 Å². The van der Waals surface area contributed by atoms with E-state index < -0.39 is 6.03 Å². The highest BCUT2D eigenvalue weighted by Gasteiger charge is 2.33. The molecule has 1 aliphatic rings. The van der Waals surface area contributed by atoms with E-state index in [0.29, 0.717) is 13.2 Å². The van der Waals surface area contributed by atoms with Gasteiger partial charge in [0.05, 0.1) is 19.1 Å². The summed E-state index contributed by atoms with van der Waals surface area (Å²) in [6.07, 6.45) is 0. The summed E-state index contributed by atoms with van der Waals surface area (Å²) in [6, 6.07) is -0.869. The first-order valence-electron chi connectivity index (χ1n) is 4.00. The molecule has 0 aromatic rings. The van der Waals surface area contributed by atoms with Crippen LogP contribution < -0.4 is 16.4 Å². The zero-order valence-corrected chi connectivity index (χ0v) is 7.37. The van der Waals surface area contributed by atoms with Crippen LogP contribution in [0.2, 0.25) is 0 Å². The van der Waals surface area contributed by atoms with Gasteiger partial charge in [0.15, 0.2) is 0 Å². The number of ether oxygens (including phenoxy) is 1. The lowest BCUT2D eigenvalue weighted by Gasteiger charge is -2.14. The lowest BCUT2D eigenvalue weighted by molar-refractivity contribution is -0.124. The molecule has 1 saturated heterocycles. The number of hydrogen-bond donors (Lipinski definition) is 3. The van der Waals surface area contributed by atoms with Crippen LogP contribution in [-0.2, 0) is 9.53 Å². The van der Waals surface area contributed by atoms with E-state index in [1.807, 2.05) is 5.32 Å². The summed E-state index contributed by atoms with van der Waals surface area (Å²) in [6.45, 7) is 0.804. The summed E-state index contributed by atoms with van der Waals surface area (Å²) in [5.41, 5.74) is 4.82. The third-order valence-corrected chi connectivity index (χ3v) is 2.03. The second-order valence-electron chi connectivity index (χ2n) is 2.89. The first-order chi connectivity index (χ1) is 6.15. The molecule has 74 valence electrons. The van der Waals surface area contributed by atoms with Crippen molar-refractivity contribution in [1.29, 1.82) is 0 Å². The third-order valence-electron chi connectivity index (χ3n) is 2.03. The molecule has 2 atom stereocenters. The van der Waals surface area contributed by atoms with Gasteiger partial charge in [-0.2, -0.15) is 0 Å². The van der Waals surface area contributed by atoms with Gasteiger partial charge >= 0.3 is 6.03 Å². The van der Waals surface area contributed by atoms with Crippen LogP contribution in [0.5, 0.6) is 0 Å². The van der Waals surface area contributed by atoms with Gasteiger partial charge in [0, 0.05) is 6.04 Å². The van der Waals surface area contributed by atoms with E-state index in [2.05, 4.69) is 5.32 Å². The Balaban J connectivity index is 2.50. The lowest BCUT2D eigenvalue weighted by atomic mass is 10.0. The van der Waals surface area contributed by atoms with Crippen molar-refractivity contribution in [1.82, 2.24) is 10.6 Å². The zero-order valence-electron chi connectivity index (χ0n) is 7.37. The fourth-order valence-electron chi connectivity index (χ4n) is 1.31. The van der Waals surface area contributed by atoms with E-state index in [-0.39, 0.29) is 17.9 Å². The first-order valence-corrected chi connectivity index (χ1v) is 4.00. The average molecular weight is 187 g/mol. The van der Waals surface area contributed by atoms with Gasteiger partial charge in [0.2, 0.25) is 5.91 Å². The van der Waals surface area contributed by atoms with E-state index in [9.17, 15) is 9.59 Å². The van der Waals surface area contributed by atoms with Crippen molar-refractivity contribution in [2.24, 2.45) is 11.7 Å². The molecule has 1 aliphatic heterocycles. The fourth-order valence-corrected chi connectivity index (χ4v) is 1.31. The minimum absolute atomic E-state index is 0.0423. The van der Waals surface area contributed by atoms with Crippen LogP contribution in [0.4, 0.5) is 4.79 Å². The SMILES string of the molecule is CNC1COCC1C(=O)NC(N)=O. The Morgan fingerprint density at radius 2 is 2.15 bits per heavy atom. The smallest absolute Gasteiger partial charge is 0.318 e. The number of imide groups is 1. The van der Waals surface area contributed by atoms with Crippen LogP contribution in [0, 0.1) is 5.92 Å². The van der Waals surface area contributed by atoms with Crippen LogP contribution >= 0.6 is 0 Å². The molecule has 0 aromatic carbocycles. The Hall–Kier alpha value is -1.14. The second-order valence-corrected chi connectivity index (χ2v) is 2.89. The molecule has 1 heterocycles. The highest BCUT2D eigenvalue weighted by Crippen LogP contribution is 2.12. The molecule has 6 heteroatoms. The number of likely N-dealkylation sites (N-methyl/N-ethyl adjacent to an activating group) is 1. The molecule has 1 rings (SSSR count). The van der Waals surface area contributed by atoms with Crippen molar-refractivity contribution in [3.8, 4) is 0 Å². The van der Waals surface area contributed by atoms with Gasteiger partial charge in [-0.15, -0.1) is 0 Å². The number of hydrogen-bond acceptors (Lipinski definition) is 4. The predicted octanol–water partition coefficient (Wildman–Crippen LogP) is -1.58. The molecule has 0 saturated carbocycles. The molecule has 1 fully saturated rings. The Bertz CT molecular complexity index is 219. The zero-order chi connectivity index (χ0) is 9.84. The minimum Gasteiger partial charge on any atom is -0.379 e. The molecule has 0 bridgehead atoms. The summed E-state index contributed by atoms with van der Waals surface area (Å²) in [7, 11) is 1.74. The number of nitrogens with two attached hydrogens (primary N) is 1. The first kappa shape index (κ1) is 9.94. The summed E-state index contributed by atoms with van der Waals surface area (Å²) >= 11 is 0. The van der Waals surface area contributed by atoms with Crippen molar-refractivity contribution >= 4 is 11.9 Å². The van der Waals surface area contributed by atoms with Crippen LogP contribution in [0.25, 0.3) is 0 Å². The summed E-state index contributed by atoms with van der Waals surface area (Å²) in [4.78, 5) is 21.7. The molecule has 4 N–H and O–H groups in total. The van der Waals surface area contributed by atoms with Gasteiger partial charge in [-0.1, -0.05) is 0 Å². The minimum atomic E-state index is -0.827. The Morgan fingerprint density at radius 3 is 2.69 bits per heavy atom. The van der Waals surface area contributed by atoms with Crippen LogP contribution in [-0.4, -0.2) is 38.2 Å². The molecule has 0 aromatic heterocycles. The highest BCUT2D eigenvalue weighted by molar-refractivity contribution is 5.95. The highest BCUT2D eigenvalue weighted by atomic mass is 16.5. The van der Waals surface area contributed by atoms with Crippen LogP contribution in [0.3, 0.4) is 0 Å². The molecule has 2 unspecified atom stereocenters. The quantitative estimate of drug-likeness (QED) is 0.486. The summed E-state index contributed by atoms with van der Waals surface area (Å²) in [5.74, 6) is -0.721. The largest absolute Gasteiger partial charge is 0.379 e. The summed E-state index contributed by atoms with van der Waals surface area (Å²) < 4.78 is 5.09. The van der Waals surface area contributed by atoms with Crippen molar-refractivity contribution in [2.75, 3.05) is 20.3 Å². The molecule has 0 spiro atoms. The monoisotopic (exact) mass is 187 g/mol. The lowest BCUT2D eigenvalue weighted by Crippen LogP contribution is -2.46. The Morgan fingerprint density at radius 1 is 1.46 bits per heavy atom. The maximum absolute atomic E-state index is 11.3. The van der Waals surface area contributed by atoms with Crippen molar-refractivity contribution in [3.63, 3.8) is 0 Å². The summed E-state index contributed by atoms with van der Waals surface area (Å²) in [5, 5.41) is 4.96. The van der Waals surface area contributed by atoms with Gasteiger partial charge in [-0.25, -0.2) is 4.79 Å². The number of rotatable bonds is 2. The molecule has 13 heavy (non-hydrogen) atoms. The molecular weight excluding hydrogens is 174 g/mol. The van der Waals surface area contributed by atoms with Gasteiger partial charge in [0.1, 0.15) is 0 Å². The molecule has 0 radical (unpaired) electrons. The number of primary amides is 1. The van der Waals surface area contributed by atoms with E-state index in [4.69, 9.17) is 10.5 Å². The van der Waals surface area contributed by atoms with Crippen LogP contribution in [0.1, 0.15) is 0 Å². The average Bonchev–Trinajstić information content (AvgIpc) is 2.49. The fraction of sp³-hybridized carbons (Fsp3) is 0.714. The van der Waals surface area contributed by atoms with Crippen molar-refractivity contribution < 1.29 is 14.3 Å². The predicted molar refractivity (Wildman–Crippen MR) is 44.9 cm³/mol. The maximum atomic E-state index is 11.3. The number of nitrogens with one attached hydrogen (secondary N) is 2. The molecule has 0 aliphatic carbocycles. The Labute approximate surface area is 75.8 Å². The standard InChI is InChI=1S/C7H13N3O3/c1-9-5-3-13-2-4(5)6(11)10-7(8)12/h4-5,9H,2-3H2,1H3,(H3,8,10,11,12). The number of amides is 3. The number of carbonyl (C=O) groups is 2. The molecule has 6 nitrogen and oxygen atoms in total. The van der Waals surface area contributed by atoms with Crippen LogP contribution in [0.15, 0.2) is 0 Å². The molecule has 3 amide bonds. The van der Waals surface area contributed by atoms with Crippen molar-refractivity contribution in [3.05, 3.63) is 0 Å². The van der Waals surface area contributed by atoms with E-state index in [0.717, 1.165) is 0 Å². The van der Waals surface area contributed by atoms with E-state index in [1.165, 1.54) is 0 Å². The topological polar surface area (TPSA) is 93.4 Å². The normalized spacial score (nSPS) is 27.2. The van der Waals surface area contributed by atoms with Crippen molar-refractivity contribution in [2.45, 2.75) is 6.04 Å². The number of carbonyl (C=O) groups excluding carboxylic acids is 2.